The molecule has 2 aromatic carbocycles. The highest BCUT2D eigenvalue weighted by atomic mass is 79.9. The van der Waals surface area contributed by atoms with Crippen molar-refractivity contribution >= 4 is 43.7 Å². The highest BCUT2D eigenvalue weighted by Gasteiger charge is 2.30. The van der Waals surface area contributed by atoms with Gasteiger partial charge < -0.3 is 35.6 Å². The first-order valence-corrected chi connectivity index (χ1v) is 19.1. The molecule has 2 aliphatic rings. The first kappa shape index (κ1) is 41.6. The number of nitrogens with one attached hydrogen (secondary N) is 3. The zero-order chi connectivity index (χ0) is 39.3. The van der Waals surface area contributed by atoms with Crippen LogP contribution in [0.2, 0.25) is 0 Å². The molecular weight excluding hydrogens is 808 g/mol. The molecule has 2 unspecified atom stereocenters. The number of benzene rings is 2. The van der Waals surface area contributed by atoms with E-state index in [1.807, 2.05) is 45.9 Å². The number of carboxylic acids is 1. The summed E-state index contributed by atoms with van der Waals surface area (Å²) in [6.07, 6.45) is 1.86. The van der Waals surface area contributed by atoms with Gasteiger partial charge in [-0.3, -0.25) is 14.4 Å². The van der Waals surface area contributed by atoms with Crippen LogP contribution >= 0.6 is 31.9 Å². The summed E-state index contributed by atoms with van der Waals surface area (Å²) in [4.78, 5) is 52.2. The Morgan fingerprint density at radius 2 is 1.21 bits per heavy atom. The lowest BCUT2D eigenvalue weighted by Crippen LogP contribution is -2.28. The third-order valence-corrected chi connectivity index (χ3v) is 10.4. The molecule has 13 heteroatoms. The van der Waals surface area contributed by atoms with E-state index in [4.69, 9.17) is 20.3 Å². The van der Waals surface area contributed by atoms with Crippen LogP contribution in [0, 0.1) is 39.5 Å². The third kappa shape index (κ3) is 10.3. The van der Waals surface area contributed by atoms with Gasteiger partial charge in [-0.1, -0.05) is 27.7 Å². The van der Waals surface area contributed by atoms with Crippen LogP contribution in [0.15, 0.2) is 54.9 Å². The largest absolute Gasteiger partial charge is 0.488 e. The van der Waals surface area contributed by atoms with Crippen molar-refractivity contribution in [3.05, 3.63) is 122 Å². The fourth-order valence-electron chi connectivity index (χ4n) is 6.19. The number of hydrogen-bond acceptors (Lipinski definition) is 7. The third-order valence-electron chi connectivity index (χ3n) is 9.24. The Kier molecular flexibility index (Phi) is 13.9. The Hall–Kier alpha value is -4.20. The number of aromatic amines is 2. The molecule has 6 N–H and O–H groups in total. The molecule has 284 valence electrons. The SMILES string of the molecule is CC(C)C1Cc2cc(C(=O)O)cc(Br)c2O1.Cc1cc(C)c(CN)c(=O)[nH]1.Cc1cc(C)c(CNC(=O)c2cc(Br)c3c(c2)CC(C(C)C)O3)c(=O)[nH]1. The smallest absolute Gasteiger partial charge is 0.335 e. The lowest BCUT2D eigenvalue weighted by atomic mass is 10.0. The molecule has 0 spiro atoms. The number of rotatable bonds is 7. The minimum Gasteiger partial charge on any atom is -0.488 e. The molecule has 2 aliphatic heterocycles. The van der Waals surface area contributed by atoms with E-state index in [1.165, 1.54) is 0 Å². The summed E-state index contributed by atoms with van der Waals surface area (Å²) < 4.78 is 13.3. The van der Waals surface area contributed by atoms with Crippen LogP contribution < -0.4 is 31.6 Å². The first-order valence-electron chi connectivity index (χ1n) is 17.5. The van der Waals surface area contributed by atoms with Gasteiger partial charge in [-0.05, 0) is 130 Å². The van der Waals surface area contributed by atoms with Gasteiger partial charge in [-0.15, -0.1) is 0 Å². The van der Waals surface area contributed by atoms with E-state index in [-0.39, 0.29) is 35.8 Å². The van der Waals surface area contributed by atoms with E-state index in [1.54, 1.807) is 18.2 Å². The fourth-order valence-corrected chi connectivity index (χ4v) is 7.38. The van der Waals surface area contributed by atoms with Crippen molar-refractivity contribution in [2.24, 2.45) is 17.6 Å². The number of aromatic carboxylic acids is 1. The number of halogens is 2. The quantitative estimate of drug-likeness (QED) is 0.130. The van der Waals surface area contributed by atoms with E-state index < -0.39 is 5.97 Å². The van der Waals surface area contributed by atoms with E-state index in [0.717, 1.165) is 66.9 Å². The van der Waals surface area contributed by atoms with Gasteiger partial charge in [0.25, 0.3) is 17.0 Å². The molecule has 0 saturated carbocycles. The van der Waals surface area contributed by atoms with Crippen molar-refractivity contribution in [1.82, 2.24) is 15.3 Å². The Labute approximate surface area is 326 Å². The number of ether oxygens (including phenoxy) is 2. The summed E-state index contributed by atoms with van der Waals surface area (Å²) in [5, 5.41) is 11.8. The number of carbonyl (C=O) groups excluding carboxylic acids is 1. The predicted octanol–water partition coefficient (Wildman–Crippen LogP) is 7.20. The number of H-pyrrole nitrogens is 2. The maximum absolute atomic E-state index is 12.6. The van der Waals surface area contributed by atoms with Crippen molar-refractivity contribution in [3.63, 3.8) is 0 Å². The number of pyridine rings is 2. The summed E-state index contributed by atoms with van der Waals surface area (Å²) >= 11 is 6.86. The van der Waals surface area contributed by atoms with Crippen LogP contribution in [0.3, 0.4) is 0 Å². The molecule has 11 nitrogen and oxygen atoms in total. The molecule has 0 radical (unpaired) electrons. The van der Waals surface area contributed by atoms with Gasteiger partial charge in [0.15, 0.2) is 0 Å². The average molecular weight is 857 g/mol. The first-order chi connectivity index (χ1) is 24.9. The van der Waals surface area contributed by atoms with Gasteiger partial charge in [0.1, 0.15) is 23.7 Å². The van der Waals surface area contributed by atoms with Gasteiger partial charge >= 0.3 is 5.97 Å². The van der Waals surface area contributed by atoms with Gasteiger partial charge in [0.2, 0.25) is 0 Å². The molecule has 0 saturated heterocycles. The number of carboxylic acid groups (broad SMARTS) is 1. The maximum atomic E-state index is 12.6. The molecule has 4 aromatic rings. The molecule has 6 rings (SSSR count). The van der Waals surface area contributed by atoms with Crippen LogP contribution in [-0.4, -0.2) is 39.2 Å². The van der Waals surface area contributed by atoms with Gasteiger partial charge in [-0.25, -0.2) is 4.79 Å². The van der Waals surface area contributed by atoms with Crippen molar-refractivity contribution in [2.75, 3.05) is 0 Å². The molecule has 0 aliphatic carbocycles. The van der Waals surface area contributed by atoms with Gasteiger partial charge in [0.05, 0.1) is 14.5 Å². The zero-order valence-corrected chi connectivity index (χ0v) is 34.5. The zero-order valence-electron chi connectivity index (χ0n) is 31.3. The number of aromatic nitrogens is 2. The van der Waals surface area contributed by atoms with Crippen LogP contribution in [0.1, 0.15) is 93.2 Å². The average Bonchev–Trinajstić information content (AvgIpc) is 3.71. The van der Waals surface area contributed by atoms with Crippen LogP contribution in [0.25, 0.3) is 0 Å². The van der Waals surface area contributed by atoms with Crippen molar-refractivity contribution in [2.45, 2.75) is 93.5 Å². The van der Waals surface area contributed by atoms with Crippen LogP contribution in [-0.2, 0) is 25.9 Å². The molecule has 4 heterocycles. The van der Waals surface area contributed by atoms with E-state index in [0.29, 0.717) is 40.6 Å². The second-order valence-corrected chi connectivity index (χ2v) is 15.9. The molecule has 0 bridgehead atoms. The van der Waals surface area contributed by atoms with Crippen molar-refractivity contribution < 1.29 is 24.2 Å². The van der Waals surface area contributed by atoms with Gasteiger partial charge in [0, 0.05) is 54.0 Å². The normalized spacial score (nSPS) is 15.3. The van der Waals surface area contributed by atoms with Crippen molar-refractivity contribution in [1.29, 1.82) is 0 Å². The molecule has 53 heavy (non-hydrogen) atoms. The number of nitrogens with two attached hydrogens (primary N) is 1. The van der Waals surface area contributed by atoms with E-state index in [2.05, 4.69) is 74.8 Å². The summed E-state index contributed by atoms with van der Waals surface area (Å²) in [5.41, 5.74) is 12.8. The monoisotopic (exact) mass is 854 g/mol. The minimum atomic E-state index is -0.906. The second kappa shape index (κ2) is 17.7. The molecule has 0 fully saturated rings. The Morgan fingerprint density at radius 1 is 0.774 bits per heavy atom. The van der Waals surface area contributed by atoms with Crippen molar-refractivity contribution in [3.8, 4) is 11.5 Å². The molecule has 1 amide bonds. The summed E-state index contributed by atoms with van der Waals surface area (Å²) in [7, 11) is 0. The van der Waals surface area contributed by atoms with Crippen LogP contribution in [0.4, 0.5) is 0 Å². The fraction of sp³-hybridized carbons (Fsp3) is 0.400. The Morgan fingerprint density at radius 3 is 1.62 bits per heavy atom. The molecule has 2 aromatic heterocycles. The van der Waals surface area contributed by atoms with Gasteiger partial charge in [-0.2, -0.15) is 0 Å². The number of carbonyl (C=O) groups is 2. The molecule has 2 atom stereocenters. The lowest BCUT2D eigenvalue weighted by molar-refractivity contribution is 0.0696. The Balaban J connectivity index is 0.000000197. The number of amides is 1. The van der Waals surface area contributed by atoms with Crippen LogP contribution in [0.5, 0.6) is 11.5 Å². The Bertz CT molecular complexity index is 2120. The number of hydrogen-bond donors (Lipinski definition) is 5. The predicted molar refractivity (Wildman–Crippen MR) is 213 cm³/mol. The topological polar surface area (TPSA) is 177 Å². The minimum absolute atomic E-state index is 0.0648. The second-order valence-electron chi connectivity index (χ2n) is 14.2. The van der Waals surface area contributed by atoms with E-state index in [9.17, 15) is 19.2 Å². The summed E-state index contributed by atoms with van der Waals surface area (Å²) in [6, 6.07) is 10.8. The lowest BCUT2D eigenvalue weighted by Gasteiger charge is -2.14. The summed E-state index contributed by atoms with van der Waals surface area (Å²) in [5.74, 6) is 1.34. The molecular formula is C40H48Br2N4O7. The van der Waals surface area contributed by atoms with E-state index >= 15 is 0 Å². The standard InChI is InChI=1S/C20H23BrN2O3.C12H13BrO3.C8H12N2O/c1-10(2)17-8-13-6-14(7-16(21)18(13)26-17)19(24)22-9-15-11(3)5-12(4)23-20(15)25;1-6(2)10-5-7-3-8(12(14)15)4-9(13)11(7)16-10;1-5-3-6(2)10-8(11)7(5)4-9/h5-7,10,17H,8-9H2,1-4H3,(H,22,24)(H,23,25);3-4,6,10H,5H2,1-2H3,(H,14,15);3H,4,9H2,1-2H3,(H,10,11). The number of aryl methyl sites for hydroxylation is 4. The highest BCUT2D eigenvalue weighted by molar-refractivity contribution is 9.11. The number of fused-ring (bicyclic) bond motifs is 2. The summed E-state index contributed by atoms with van der Waals surface area (Å²) in [6.45, 7) is 16.4. The highest BCUT2D eigenvalue weighted by Crippen LogP contribution is 2.40. The maximum Gasteiger partial charge on any atom is 0.335 e.